The van der Waals surface area contributed by atoms with Crippen LogP contribution in [0.25, 0.3) is 22.6 Å². The molecule has 0 bridgehead atoms. The number of hydrogen-bond acceptors (Lipinski definition) is 6. The highest BCUT2D eigenvalue weighted by Gasteiger charge is 2.59. The SMILES string of the molecule is COc1ccc(C)cc1-c1nc2nc(C(=O)O)nc(NC(C)[C@H]3CC3(F)F)c2n1Cc1ccc(C(F)(F)F)cc1. The molecule has 0 spiro atoms. The summed E-state index contributed by atoms with van der Waals surface area (Å²) in [5, 5.41) is 12.5. The largest absolute Gasteiger partial charge is 0.496 e. The molecule has 1 aliphatic carbocycles. The van der Waals surface area contributed by atoms with E-state index in [4.69, 9.17) is 4.74 Å². The molecule has 2 aromatic heterocycles. The molecular weight excluding hydrogens is 537 g/mol. The van der Waals surface area contributed by atoms with Gasteiger partial charge in [-0.1, -0.05) is 23.8 Å². The summed E-state index contributed by atoms with van der Waals surface area (Å²) in [5.41, 5.74) is 1.19. The zero-order valence-corrected chi connectivity index (χ0v) is 21.6. The van der Waals surface area contributed by atoms with E-state index in [0.29, 0.717) is 16.9 Å². The van der Waals surface area contributed by atoms with E-state index >= 15 is 0 Å². The number of methoxy groups -OCH3 is 1. The Morgan fingerprint density at radius 1 is 1.18 bits per heavy atom. The number of aromatic nitrogens is 4. The fourth-order valence-corrected chi connectivity index (χ4v) is 4.66. The normalized spacial score (nSPS) is 17.1. The summed E-state index contributed by atoms with van der Waals surface area (Å²) in [5.74, 6) is -5.19. The van der Waals surface area contributed by atoms with Gasteiger partial charge in [-0.05, 0) is 43.7 Å². The van der Waals surface area contributed by atoms with E-state index in [1.54, 1.807) is 23.6 Å². The molecule has 1 fully saturated rings. The first-order valence-corrected chi connectivity index (χ1v) is 12.3. The number of alkyl halides is 5. The molecule has 4 aromatic rings. The van der Waals surface area contributed by atoms with Crippen LogP contribution in [0.1, 0.15) is 40.7 Å². The number of benzene rings is 2. The lowest BCUT2D eigenvalue weighted by Crippen LogP contribution is -2.23. The number of carboxylic acid groups (broad SMARTS) is 1. The highest BCUT2D eigenvalue weighted by Crippen LogP contribution is 2.51. The van der Waals surface area contributed by atoms with Crippen molar-refractivity contribution in [1.29, 1.82) is 0 Å². The minimum absolute atomic E-state index is 0.0144. The summed E-state index contributed by atoms with van der Waals surface area (Å²) in [6.45, 7) is 3.37. The van der Waals surface area contributed by atoms with Crippen LogP contribution < -0.4 is 10.1 Å². The maximum Gasteiger partial charge on any atom is 0.416 e. The monoisotopic (exact) mass is 561 g/mol. The van der Waals surface area contributed by atoms with Crippen molar-refractivity contribution in [3.8, 4) is 17.1 Å². The van der Waals surface area contributed by atoms with Crippen molar-refractivity contribution in [2.45, 2.75) is 45.0 Å². The van der Waals surface area contributed by atoms with Crippen molar-refractivity contribution in [2.24, 2.45) is 5.92 Å². The Kier molecular flexibility index (Phi) is 6.63. The Morgan fingerprint density at radius 2 is 1.85 bits per heavy atom. The second-order valence-electron chi connectivity index (χ2n) is 9.80. The number of ether oxygens (including phenoxy) is 1. The zero-order valence-electron chi connectivity index (χ0n) is 21.6. The van der Waals surface area contributed by atoms with Gasteiger partial charge in [0.2, 0.25) is 5.82 Å². The molecule has 210 valence electrons. The van der Waals surface area contributed by atoms with E-state index in [2.05, 4.69) is 20.3 Å². The first-order chi connectivity index (χ1) is 18.8. The van der Waals surface area contributed by atoms with Crippen LogP contribution in [0, 0.1) is 12.8 Å². The van der Waals surface area contributed by atoms with Gasteiger partial charge in [-0.15, -0.1) is 0 Å². The molecule has 1 unspecified atom stereocenters. The van der Waals surface area contributed by atoms with E-state index in [-0.39, 0.29) is 35.8 Å². The van der Waals surface area contributed by atoms with E-state index in [1.165, 1.54) is 19.2 Å². The summed E-state index contributed by atoms with van der Waals surface area (Å²) in [4.78, 5) is 24.6. The summed E-state index contributed by atoms with van der Waals surface area (Å²) in [6.07, 6.45) is -4.84. The first-order valence-electron chi connectivity index (χ1n) is 12.3. The summed E-state index contributed by atoms with van der Waals surface area (Å²) in [6, 6.07) is 9.09. The third-order valence-corrected chi connectivity index (χ3v) is 6.85. The van der Waals surface area contributed by atoms with Crippen LogP contribution in [0.15, 0.2) is 42.5 Å². The molecule has 5 rings (SSSR count). The van der Waals surface area contributed by atoms with Crippen molar-refractivity contribution < 1.29 is 36.6 Å². The van der Waals surface area contributed by atoms with Crippen molar-refractivity contribution in [1.82, 2.24) is 19.5 Å². The smallest absolute Gasteiger partial charge is 0.416 e. The van der Waals surface area contributed by atoms with Crippen LogP contribution in [0.2, 0.25) is 0 Å². The van der Waals surface area contributed by atoms with Gasteiger partial charge in [-0.2, -0.15) is 13.2 Å². The van der Waals surface area contributed by atoms with Gasteiger partial charge in [0.1, 0.15) is 17.1 Å². The Hall–Kier alpha value is -4.29. The van der Waals surface area contributed by atoms with Gasteiger partial charge >= 0.3 is 12.1 Å². The summed E-state index contributed by atoms with van der Waals surface area (Å²) < 4.78 is 74.3. The molecule has 8 nitrogen and oxygen atoms in total. The molecule has 0 radical (unpaired) electrons. The van der Waals surface area contributed by atoms with Crippen molar-refractivity contribution in [2.75, 3.05) is 12.4 Å². The van der Waals surface area contributed by atoms with E-state index < -0.39 is 41.4 Å². The number of rotatable bonds is 8. The summed E-state index contributed by atoms with van der Waals surface area (Å²) >= 11 is 0. The molecule has 2 atom stereocenters. The maximum absolute atomic E-state index is 13.8. The second-order valence-corrected chi connectivity index (χ2v) is 9.80. The Morgan fingerprint density at radius 3 is 2.42 bits per heavy atom. The lowest BCUT2D eigenvalue weighted by Gasteiger charge is -2.17. The van der Waals surface area contributed by atoms with Gasteiger partial charge in [0.25, 0.3) is 5.92 Å². The molecule has 2 heterocycles. The quantitative estimate of drug-likeness (QED) is 0.253. The number of aryl methyl sites for hydroxylation is 1. The molecular formula is C27H24F5N5O3. The van der Waals surface area contributed by atoms with Crippen LogP contribution in [0.3, 0.4) is 0 Å². The lowest BCUT2D eigenvalue weighted by atomic mass is 10.1. The Labute approximate surface area is 224 Å². The Balaban J connectivity index is 1.72. The van der Waals surface area contributed by atoms with E-state index in [0.717, 1.165) is 17.7 Å². The van der Waals surface area contributed by atoms with Crippen molar-refractivity contribution >= 4 is 23.0 Å². The zero-order chi connectivity index (χ0) is 29.0. The molecule has 0 aliphatic heterocycles. The van der Waals surface area contributed by atoms with E-state index in [1.807, 2.05) is 13.0 Å². The number of halogens is 5. The van der Waals surface area contributed by atoms with Gasteiger partial charge in [0, 0.05) is 24.9 Å². The third kappa shape index (κ3) is 5.15. The maximum atomic E-state index is 13.8. The highest BCUT2D eigenvalue weighted by molar-refractivity contribution is 5.92. The number of hydrogen-bond donors (Lipinski definition) is 2. The predicted octanol–water partition coefficient (Wildman–Crippen LogP) is 6.03. The molecule has 2 N–H and O–H groups in total. The number of anilines is 1. The number of nitrogens with one attached hydrogen (secondary N) is 1. The Bertz CT molecular complexity index is 1600. The van der Waals surface area contributed by atoms with Gasteiger partial charge in [0.15, 0.2) is 11.5 Å². The molecule has 0 amide bonds. The summed E-state index contributed by atoms with van der Waals surface area (Å²) in [7, 11) is 1.46. The van der Waals surface area contributed by atoms with Crippen LogP contribution >= 0.6 is 0 Å². The van der Waals surface area contributed by atoms with Gasteiger partial charge in [-0.25, -0.2) is 28.5 Å². The number of imidazole rings is 1. The lowest BCUT2D eigenvalue weighted by molar-refractivity contribution is -0.137. The molecule has 13 heteroatoms. The fourth-order valence-electron chi connectivity index (χ4n) is 4.66. The number of carboxylic acids is 1. The van der Waals surface area contributed by atoms with Crippen LogP contribution in [-0.4, -0.2) is 49.7 Å². The molecule has 40 heavy (non-hydrogen) atoms. The molecule has 1 aliphatic rings. The molecule has 0 saturated heterocycles. The minimum atomic E-state index is -4.51. The van der Waals surface area contributed by atoms with Crippen LogP contribution in [0.4, 0.5) is 27.8 Å². The first kappa shape index (κ1) is 27.3. The second kappa shape index (κ2) is 9.72. The van der Waals surface area contributed by atoms with Gasteiger partial charge < -0.3 is 19.7 Å². The number of carbonyl (C=O) groups is 1. The van der Waals surface area contributed by atoms with E-state index in [9.17, 15) is 31.9 Å². The number of aromatic carboxylic acids is 1. The third-order valence-electron chi connectivity index (χ3n) is 6.85. The van der Waals surface area contributed by atoms with Gasteiger partial charge in [-0.3, -0.25) is 0 Å². The standard InChI is InChI=1S/C27H24F5N5O3/c1-13-4-9-19(40-3)17(10-13)24-36-22-20(37(24)12-15-5-7-16(8-6-15)27(30,31)32)21(34-23(35-22)25(38)39)33-14(2)18-11-26(18,28)29/h4-10,14,18H,11-12H2,1-3H3,(H,38,39)(H,33,34,35)/t14?,18-/m1/s1. The average Bonchev–Trinajstić information content (AvgIpc) is 3.38. The van der Waals surface area contributed by atoms with Gasteiger partial charge in [0.05, 0.1) is 18.2 Å². The van der Waals surface area contributed by atoms with Crippen molar-refractivity contribution in [3.63, 3.8) is 0 Å². The van der Waals surface area contributed by atoms with Crippen molar-refractivity contribution in [3.05, 3.63) is 65.0 Å². The van der Waals surface area contributed by atoms with Crippen LogP contribution in [-0.2, 0) is 12.7 Å². The molecule has 2 aromatic carbocycles. The van der Waals surface area contributed by atoms with Crippen LogP contribution in [0.5, 0.6) is 5.75 Å². The number of nitrogens with zero attached hydrogens (tertiary/aromatic N) is 4. The highest BCUT2D eigenvalue weighted by atomic mass is 19.4. The molecule has 1 saturated carbocycles. The fraction of sp³-hybridized carbons (Fsp3) is 0.333. The topological polar surface area (TPSA) is 102 Å². The number of fused-ring (bicyclic) bond motifs is 1. The predicted molar refractivity (Wildman–Crippen MR) is 136 cm³/mol. The minimum Gasteiger partial charge on any atom is -0.496 e. The average molecular weight is 562 g/mol.